The number of carbonyl (C=O) groups excluding carboxylic acids is 1. The molecular weight excluding hydrogens is 200 g/mol. The molecule has 1 spiro atoms. The molecule has 1 saturated carbocycles. The molecular formula is C13H24N2O. The molecule has 0 radical (unpaired) electrons. The maximum absolute atomic E-state index is 11.7. The number of urea groups is 1. The number of rotatable bonds is 1. The van der Waals surface area contributed by atoms with Crippen molar-refractivity contribution < 1.29 is 4.79 Å². The lowest BCUT2D eigenvalue weighted by Gasteiger charge is -2.44. The molecule has 2 aliphatic rings. The van der Waals surface area contributed by atoms with E-state index in [9.17, 15) is 4.79 Å². The molecule has 0 aromatic heterocycles. The standard InChI is InChI=1S/C13H24N2O/c1-2-14-12(16)15-10-8-13(9-11-15)6-4-3-5-7-13/h2-11H2,1H3,(H,14,16). The van der Waals surface area contributed by atoms with Crippen molar-refractivity contribution in [2.75, 3.05) is 19.6 Å². The van der Waals surface area contributed by atoms with E-state index < -0.39 is 0 Å². The van der Waals surface area contributed by atoms with Crippen LogP contribution in [0.4, 0.5) is 4.79 Å². The molecule has 0 unspecified atom stereocenters. The molecule has 0 aromatic rings. The lowest BCUT2D eigenvalue weighted by Crippen LogP contribution is -2.47. The number of nitrogens with zero attached hydrogens (tertiary/aromatic N) is 1. The molecule has 16 heavy (non-hydrogen) atoms. The second kappa shape index (κ2) is 5.07. The molecule has 3 nitrogen and oxygen atoms in total. The second-order valence-corrected chi connectivity index (χ2v) is 5.38. The Morgan fingerprint density at radius 2 is 1.75 bits per heavy atom. The third kappa shape index (κ3) is 2.50. The van der Waals surface area contributed by atoms with E-state index in [0.717, 1.165) is 19.6 Å². The first kappa shape index (κ1) is 11.7. The van der Waals surface area contributed by atoms with Gasteiger partial charge in [0.1, 0.15) is 0 Å². The van der Waals surface area contributed by atoms with Crippen LogP contribution in [0.2, 0.25) is 0 Å². The van der Waals surface area contributed by atoms with Crippen LogP contribution < -0.4 is 5.32 Å². The normalized spacial score (nSPS) is 24.4. The predicted octanol–water partition coefficient (Wildman–Crippen LogP) is 2.76. The maximum atomic E-state index is 11.7. The van der Waals surface area contributed by atoms with Crippen molar-refractivity contribution in [2.24, 2.45) is 5.41 Å². The smallest absolute Gasteiger partial charge is 0.317 e. The van der Waals surface area contributed by atoms with Gasteiger partial charge in [0.25, 0.3) is 0 Å². The summed E-state index contributed by atoms with van der Waals surface area (Å²) in [5.41, 5.74) is 0.598. The van der Waals surface area contributed by atoms with Gasteiger partial charge in [0.2, 0.25) is 0 Å². The number of hydrogen-bond donors (Lipinski definition) is 1. The summed E-state index contributed by atoms with van der Waals surface area (Å²) in [4.78, 5) is 13.7. The van der Waals surface area contributed by atoms with Crippen molar-refractivity contribution in [3.63, 3.8) is 0 Å². The summed E-state index contributed by atoms with van der Waals surface area (Å²) in [5.74, 6) is 0. The Balaban J connectivity index is 1.83. The minimum absolute atomic E-state index is 0.133. The number of hydrogen-bond acceptors (Lipinski definition) is 1. The zero-order valence-corrected chi connectivity index (χ0v) is 10.4. The van der Waals surface area contributed by atoms with Gasteiger partial charge in [-0.3, -0.25) is 0 Å². The highest BCUT2D eigenvalue weighted by Gasteiger charge is 2.36. The molecule has 0 bridgehead atoms. The lowest BCUT2D eigenvalue weighted by atomic mass is 9.68. The van der Waals surface area contributed by atoms with Gasteiger partial charge in [-0.2, -0.15) is 0 Å². The summed E-state index contributed by atoms with van der Waals surface area (Å²) in [6.07, 6.45) is 9.48. The van der Waals surface area contributed by atoms with Gasteiger partial charge in [-0.15, -0.1) is 0 Å². The fourth-order valence-electron chi connectivity index (χ4n) is 3.25. The quantitative estimate of drug-likeness (QED) is 0.730. The van der Waals surface area contributed by atoms with Crippen LogP contribution in [-0.4, -0.2) is 30.6 Å². The predicted molar refractivity (Wildman–Crippen MR) is 65.4 cm³/mol. The van der Waals surface area contributed by atoms with E-state index in [1.54, 1.807) is 0 Å². The second-order valence-electron chi connectivity index (χ2n) is 5.38. The Morgan fingerprint density at radius 1 is 1.12 bits per heavy atom. The van der Waals surface area contributed by atoms with Crippen LogP contribution in [0.15, 0.2) is 0 Å². The first-order valence-corrected chi connectivity index (χ1v) is 6.79. The van der Waals surface area contributed by atoms with Gasteiger partial charge < -0.3 is 10.2 Å². The molecule has 3 heteroatoms. The zero-order valence-electron chi connectivity index (χ0n) is 10.4. The van der Waals surface area contributed by atoms with Crippen molar-refractivity contribution in [3.05, 3.63) is 0 Å². The number of piperidine rings is 1. The van der Waals surface area contributed by atoms with Gasteiger partial charge in [-0.05, 0) is 38.0 Å². The van der Waals surface area contributed by atoms with Crippen LogP contribution in [0.5, 0.6) is 0 Å². The fourth-order valence-corrected chi connectivity index (χ4v) is 3.25. The monoisotopic (exact) mass is 224 g/mol. The van der Waals surface area contributed by atoms with E-state index >= 15 is 0 Å². The lowest BCUT2D eigenvalue weighted by molar-refractivity contribution is 0.0814. The third-order valence-electron chi connectivity index (χ3n) is 4.35. The van der Waals surface area contributed by atoms with Crippen molar-refractivity contribution in [2.45, 2.75) is 51.9 Å². The molecule has 1 aliphatic heterocycles. The molecule has 2 rings (SSSR count). The molecule has 1 saturated heterocycles. The summed E-state index contributed by atoms with van der Waals surface area (Å²) < 4.78 is 0. The van der Waals surface area contributed by atoms with Gasteiger partial charge in [0, 0.05) is 19.6 Å². The summed E-state index contributed by atoms with van der Waals surface area (Å²) in [5, 5.41) is 2.89. The molecule has 0 atom stereocenters. The van der Waals surface area contributed by atoms with Crippen LogP contribution in [0.25, 0.3) is 0 Å². The van der Waals surface area contributed by atoms with Crippen molar-refractivity contribution in [3.8, 4) is 0 Å². The van der Waals surface area contributed by atoms with Crippen LogP contribution in [0, 0.1) is 5.41 Å². The third-order valence-corrected chi connectivity index (χ3v) is 4.35. The minimum Gasteiger partial charge on any atom is -0.338 e. The Kier molecular flexibility index (Phi) is 3.72. The number of nitrogens with one attached hydrogen (secondary N) is 1. The molecule has 92 valence electrons. The SMILES string of the molecule is CCNC(=O)N1CCC2(CCCCC2)CC1. The van der Waals surface area contributed by atoms with Crippen LogP contribution in [-0.2, 0) is 0 Å². The fraction of sp³-hybridized carbons (Fsp3) is 0.923. The minimum atomic E-state index is 0.133. The zero-order chi connectivity index (χ0) is 11.4. The molecule has 2 fully saturated rings. The van der Waals surface area contributed by atoms with Gasteiger partial charge >= 0.3 is 6.03 Å². The van der Waals surface area contributed by atoms with Crippen LogP contribution in [0.3, 0.4) is 0 Å². The Bertz CT molecular complexity index is 236. The average Bonchev–Trinajstić information content (AvgIpc) is 2.31. The van der Waals surface area contributed by atoms with E-state index in [1.807, 2.05) is 11.8 Å². The van der Waals surface area contributed by atoms with Gasteiger partial charge in [0.05, 0.1) is 0 Å². The van der Waals surface area contributed by atoms with Crippen molar-refractivity contribution in [1.82, 2.24) is 10.2 Å². The highest BCUT2D eigenvalue weighted by molar-refractivity contribution is 5.74. The molecule has 1 heterocycles. The molecule has 1 aliphatic carbocycles. The molecule has 0 aromatic carbocycles. The highest BCUT2D eigenvalue weighted by atomic mass is 16.2. The van der Waals surface area contributed by atoms with E-state index in [-0.39, 0.29) is 6.03 Å². The van der Waals surface area contributed by atoms with Gasteiger partial charge in [-0.1, -0.05) is 19.3 Å². The van der Waals surface area contributed by atoms with Gasteiger partial charge in [-0.25, -0.2) is 4.79 Å². The van der Waals surface area contributed by atoms with Crippen LogP contribution >= 0.6 is 0 Å². The average molecular weight is 224 g/mol. The van der Waals surface area contributed by atoms with Crippen molar-refractivity contribution in [1.29, 1.82) is 0 Å². The Morgan fingerprint density at radius 3 is 2.31 bits per heavy atom. The van der Waals surface area contributed by atoms with E-state index in [2.05, 4.69) is 5.32 Å². The Labute approximate surface area is 98.6 Å². The van der Waals surface area contributed by atoms with Crippen molar-refractivity contribution >= 4 is 6.03 Å². The molecule has 2 amide bonds. The highest BCUT2D eigenvalue weighted by Crippen LogP contribution is 2.44. The number of likely N-dealkylation sites (tertiary alicyclic amines) is 1. The summed E-state index contributed by atoms with van der Waals surface area (Å²) in [6.45, 7) is 4.64. The van der Waals surface area contributed by atoms with E-state index in [4.69, 9.17) is 0 Å². The summed E-state index contributed by atoms with van der Waals surface area (Å²) in [6, 6.07) is 0.133. The number of amides is 2. The molecule has 1 N–H and O–H groups in total. The maximum Gasteiger partial charge on any atom is 0.317 e. The van der Waals surface area contributed by atoms with Gasteiger partial charge in [0.15, 0.2) is 0 Å². The Hall–Kier alpha value is -0.730. The number of carbonyl (C=O) groups is 1. The largest absolute Gasteiger partial charge is 0.338 e. The van der Waals surface area contributed by atoms with E-state index in [1.165, 1.54) is 44.9 Å². The van der Waals surface area contributed by atoms with Crippen LogP contribution in [0.1, 0.15) is 51.9 Å². The van der Waals surface area contributed by atoms with E-state index in [0.29, 0.717) is 5.41 Å². The first-order chi connectivity index (χ1) is 7.76. The topological polar surface area (TPSA) is 32.3 Å². The first-order valence-electron chi connectivity index (χ1n) is 6.79. The summed E-state index contributed by atoms with van der Waals surface area (Å²) >= 11 is 0. The summed E-state index contributed by atoms with van der Waals surface area (Å²) in [7, 11) is 0.